The molecule has 0 amide bonds. The molecule has 1 saturated carbocycles. The van der Waals surface area contributed by atoms with Gasteiger partial charge in [0, 0.05) is 25.1 Å². The van der Waals surface area contributed by atoms with E-state index in [1.54, 1.807) is 0 Å². The molecule has 1 aliphatic carbocycles. The third kappa shape index (κ3) is 4.99. The van der Waals surface area contributed by atoms with Gasteiger partial charge >= 0.3 is 0 Å². The van der Waals surface area contributed by atoms with Gasteiger partial charge in [-0.2, -0.15) is 0 Å². The van der Waals surface area contributed by atoms with Crippen molar-refractivity contribution < 1.29 is 14.2 Å². The summed E-state index contributed by atoms with van der Waals surface area (Å²) in [7, 11) is 0.376. The van der Waals surface area contributed by atoms with Gasteiger partial charge in [0.25, 0.3) is 7.37 Å². The SMILES string of the molecule is CC(C)[C@@H]1CC[C@@H](C)C[C@H]1O[P@@](=O)(c1ccc(N(C)C)cc1)[C@@H](O)c1ccccc1. The van der Waals surface area contributed by atoms with Gasteiger partial charge in [-0.05, 0) is 60.4 Å². The van der Waals surface area contributed by atoms with E-state index in [-0.39, 0.29) is 6.10 Å². The molecule has 0 saturated heterocycles. The molecule has 5 atom stereocenters. The Hall–Kier alpha value is -1.61. The number of hydrogen-bond acceptors (Lipinski definition) is 4. The summed E-state index contributed by atoms with van der Waals surface area (Å²) in [6.45, 7) is 6.65. The Balaban J connectivity index is 2.01. The molecule has 0 radical (unpaired) electrons. The second kappa shape index (κ2) is 9.68. The van der Waals surface area contributed by atoms with Crippen LogP contribution in [0.25, 0.3) is 0 Å². The topological polar surface area (TPSA) is 49.8 Å². The number of benzene rings is 2. The maximum absolute atomic E-state index is 14.5. The summed E-state index contributed by atoms with van der Waals surface area (Å²) < 4.78 is 21.0. The lowest BCUT2D eigenvalue weighted by Crippen LogP contribution is -2.35. The van der Waals surface area contributed by atoms with E-state index in [1.807, 2.05) is 73.6 Å². The van der Waals surface area contributed by atoms with E-state index in [4.69, 9.17) is 4.52 Å². The lowest BCUT2D eigenvalue weighted by atomic mass is 9.75. The van der Waals surface area contributed by atoms with Crippen LogP contribution < -0.4 is 10.2 Å². The molecule has 0 unspecified atom stereocenters. The highest BCUT2D eigenvalue weighted by molar-refractivity contribution is 7.67. The maximum atomic E-state index is 14.5. The fraction of sp³-hybridized carbons (Fsp3) is 0.520. The molecule has 5 heteroatoms. The predicted octanol–water partition coefficient (Wildman–Crippen LogP) is 5.82. The van der Waals surface area contributed by atoms with Crippen molar-refractivity contribution in [2.24, 2.45) is 17.8 Å². The van der Waals surface area contributed by atoms with Crippen molar-refractivity contribution in [2.75, 3.05) is 19.0 Å². The number of hydrogen-bond donors (Lipinski definition) is 1. The molecule has 164 valence electrons. The first-order chi connectivity index (χ1) is 14.2. The molecule has 1 fully saturated rings. The summed E-state index contributed by atoms with van der Waals surface area (Å²) in [6, 6.07) is 16.8. The first kappa shape index (κ1) is 23.1. The zero-order valence-corrected chi connectivity index (χ0v) is 19.8. The summed E-state index contributed by atoms with van der Waals surface area (Å²) >= 11 is 0. The van der Waals surface area contributed by atoms with Crippen LogP contribution in [0.2, 0.25) is 0 Å². The molecule has 0 heterocycles. The Bertz CT molecular complexity index is 850. The molecule has 4 nitrogen and oxygen atoms in total. The third-order valence-corrected chi connectivity index (χ3v) is 8.94. The van der Waals surface area contributed by atoms with E-state index in [9.17, 15) is 9.67 Å². The van der Waals surface area contributed by atoms with E-state index >= 15 is 0 Å². The van der Waals surface area contributed by atoms with Crippen LogP contribution >= 0.6 is 7.37 Å². The molecule has 0 aromatic heterocycles. The van der Waals surface area contributed by atoms with Crippen LogP contribution in [0.1, 0.15) is 51.4 Å². The first-order valence-electron chi connectivity index (χ1n) is 11.0. The first-order valence-corrected chi connectivity index (χ1v) is 12.7. The van der Waals surface area contributed by atoms with Crippen molar-refractivity contribution in [1.82, 2.24) is 0 Å². The van der Waals surface area contributed by atoms with Crippen molar-refractivity contribution in [3.8, 4) is 0 Å². The Morgan fingerprint density at radius 1 is 1.03 bits per heavy atom. The van der Waals surface area contributed by atoms with Crippen LogP contribution in [0.5, 0.6) is 0 Å². The Morgan fingerprint density at radius 3 is 2.23 bits per heavy atom. The third-order valence-electron chi connectivity index (χ3n) is 6.40. The average molecular weight is 430 g/mol. The molecule has 1 N–H and O–H groups in total. The highest BCUT2D eigenvalue weighted by Gasteiger charge is 2.42. The van der Waals surface area contributed by atoms with Gasteiger partial charge < -0.3 is 14.5 Å². The molecule has 3 rings (SSSR count). The fourth-order valence-corrected chi connectivity index (χ4v) is 6.77. The van der Waals surface area contributed by atoms with Gasteiger partial charge in [-0.3, -0.25) is 4.57 Å². The molecule has 2 aromatic rings. The molecular weight excluding hydrogens is 393 g/mol. The summed E-state index contributed by atoms with van der Waals surface area (Å²) in [5.74, 6) is 0.136. The van der Waals surface area contributed by atoms with Gasteiger partial charge in [0.05, 0.1) is 6.10 Å². The monoisotopic (exact) mass is 429 g/mol. The van der Waals surface area contributed by atoms with Crippen LogP contribution in [0.4, 0.5) is 5.69 Å². The predicted molar refractivity (Wildman–Crippen MR) is 126 cm³/mol. The summed E-state index contributed by atoms with van der Waals surface area (Å²) in [4.78, 5) is 2.00. The highest BCUT2D eigenvalue weighted by Crippen LogP contribution is 2.60. The Labute approximate surface area is 181 Å². The van der Waals surface area contributed by atoms with Crippen LogP contribution in [0.15, 0.2) is 54.6 Å². The number of aliphatic hydroxyl groups excluding tert-OH is 1. The quantitative estimate of drug-likeness (QED) is 0.563. The summed E-state index contributed by atoms with van der Waals surface area (Å²) in [6.07, 6.45) is 3.01. The minimum Gasteiger partial charge on any atom is -0.378 e. The average Bonchev–Trinajstić information content (AvgIpc) is 2.73. The van der Waals surface area contributed by atoms with Gasteiger partial charge in [-0.15, -0.1) is 0 Å². The van der Waals surface area contributed by atoms with E-state index < -0.39 is 13.2 Å². The standard InChI is InChI=1S/C25H36NO3P/c1-18(2)23-16-11-19(3)17-24(23)29-30(28,25(27)20-9-7-6-8-10-20)22-14-12-21(13-15-22)26(4)5/h6-10,12-15,18-19,23-25,27H,11,16-17H2,1-5H3/t19-,23+,24-,25-,30+/m1/s1. The summed E-state index contributed by atoms with van der Waals surface area (Å²) in [5, 5.41) is 11.9. The van der Waals surface area contributed by atoms with Gasteiger partial charge in [-0.1, -0.05) is 57.5 Å². The maximum Gasteiger partial charge on any atom is 0.264 e. The lowest BCUT2D eigenvalue weighted by Gasteiger charge is -2.40. The van der Waals surface area contributed by atoms with E-state index in [0.29, 0.717) is 28.6 Å². The van der Waals surface area contributed by atoms with Crippen molar-refractivity contribution in [3.63, 3.8) is 0 Å². The second-order valence-corrected chi connectivity index (χ2v) is 11.7. The van der Waals surface area contributed by atoms with Gasteiger partial charge in [0.1, 0.15) is 0 Å². The smallest absolute Gasteiger partial charge is 0.264 e. The molecule has 0 bridgehead atoms. The normalized spacial score (nSPS) is 25.0. The van der Waals surface area contributed by atoms with Crippen LogP contribution in [-0.4, -0.2) is 25.3 Å². The van der Waals surface area contributed by atoms with Crippen molar-refractivity contribution >= 4 is 18.4 Å². The lowest BCUT2D eigenvalue weighted by molar-refractivity contribution is 0.0427. The number of anilines is 1. The van der Waals surface area contributed by atoms with Gasteiger partial charge in [0.2, 0.25) is 0 Å². The Kier molecular flexibility index (Phi) is 7.44. The number of rotatable bonds is 7. The largest absolute Gasteiger partial charge is 0.378 e. The van der Waals surface area contributed by atoms with Crippen LogP contribution in [0.3, 0.4) is 0 Å². The second-order valence-electron chi connectivity index (χ2n) is 9.26. The molecule has 2 aromatic carbocycles. The van der Waals surface area contributed by atoms with Crippen LogP contribution in [-0.2, 0) is 9.09 Å². The number of aliphatic hydroxyl groups is 1. The molecule has 0 aliphatic heterocycles. The van der Waals surface area contributed by atoms with Gasteiger partial charge in [-0.25, -0.2) is 0 Å². The van der Waals surface area contributed by atoms with Crippen molar-refractivity contribution in [1.29, 1.82) is 0 Å². The minimum absolute atomic E-state index is 0.119. The summed E-state index contributed by atoms with van der Waals surface area (Å²) in [5.41, 5.74) is 1.65. The van der Waals surface area contributed by atoms with Gasteiger partial charge in [0.15, 0.2) is 5.85 Å². The molecular formula is C25H36NO3P. The zero-order valence-electron chi connectivity index (χ0n) is 18.9. The minimum atomic E-state index is -3.57. The van der Waals surface area contributed by atoms with E-state index in [0.717, 1.165) is 18.5 Å². The highest BCUT2D eigenvalue weighted by atomic mass is 31.2. The van der Waals surface area contributed by atoms with Crippen LogP contribution in [0, 0.1) is 17.8 Å². The van der Waals surface area contributed by atoms with E-state index in [1.165, 1.54) is 6.42 Å². The van der Waals surface area contributed by atoms with E-state index in [2.05, 4.69) is 20.8 Å². The van der Waals surface area contributed by atoms with Crippen molar-refractivity contribution in [3.05, 3.63) is 60.2 Å². The van der Waals surface area contributed by atoms with Crippen molar-refractivity contribution in [2.45, 2.75) is 52.0 Å². The Morgan fingerprint density at radius 2 is 1.67 bits per heavy atom. The molecule has 1 aliphatic rings. The fourth-order valence-electron chi connectivity index (χ4n) is 4.48. The molecule has 30 heavy (non-hydrogen) atoms. The zero-order chi connectivity index (χ0) is 21.9. The molecule has 0 spiro atoms. The number of nitrogens with zero attached hydrogens (tertiary/aromatic N) is 1.